The summed E-state index contributed by atoms with van der Waals surface area (Å²) in [6, 6.07) is 6.00. The summed E-state index contributed by atoms with van der Waals surface area (Å²) in [4.78, 5) is 24.0. The van der Waals surface area contributed by atoms with Crippen molar-refractivity contribution in [3.63, 3.8) is 0 Å². The highest BCUT2D eigenvalue weighted by molar-refractivity contribution is 6.30. The normalized spacial score (nSPS) is 17.9. The summed E-state index contributed by atoms with van der Waals surface area (Å²) in [6.07, 6.45) is 2.13. The second-order valence-corrected chi connectivity index (χ2v) is 6.08. The van der Waals surface area contributed by atoms with Crippen molar-refractivity contribution in [3.05, 3.63) is 34.9 Å². The number of halogens is 2. The van der Waals surface area contributed by atoms with E-state index in [-0.39, 0.29) is 24.2 Å². The van der Waals surface area contributed by atoms with E-state index >= 15 is 0 Å². The number of hydrogen-bond donors (Lipinski definition) is 3. The Bertz CT molecular complexity index is 517. The topological polar surface area (TPSA) is 70.2 Å². The van der Waals surface area contributed by atoms with E-state index in [2.05, 4.69) is 16.0 Å². The van der Waals surface area contributed by atoms with Crippen LogP contribution in [-0.4, -0.2) is 37.5 Å². The maximum absolute atomic E-state index is 12.0. The Kier molecular flexibility index (Phi) is 8.37. The zero-order chi connectivity index (χ0) is 15.9. The van der Waals surface area contributed by atoms with E-state index in [0.717, 1.165) is 19.5 Å². The molecule has 1 aromatic carbocycles. The number of nitrogens with one attached hydrogen (secondary N) is 3. The van der Waals surface area contributed by atoms with Crippen LogP contribution in [0.3, 0.4) is 0 Å². The molecule has 128 valence electrons. The molecule has 2 unspecified atom stereocenters. The van der Waals surface area contributed by atoms with Crippen molar-refractivity contribution in [3.8, 4) is 0 Å². The Labute approximate surface area is 148 Å². The van der Waals surface area contributed by atoms with E-state index in [4.69, 9.17) is 11.6 Å². The van der Waals surface area contributed by atoms with Crippen molar-refractivity contribution in [2.75, 3.05) is 19.6 Å². The van der Waals surface area contributed by atoms with Gasteiger partial charge in [0, 0.05) is 17.1 Å². The lowest BCUT2D eigenvalue weighted by Crippen LogP contribution is -2.45. The lowest BCUT2D eigenvalue weighted by Gasteiger charge is -2.15. The third-order valence-electron chi connectivity index (χ3n) is 3.86. The minimum Gasteiger partial charge on any atom is -0.354 e. The summed E-state index contributed by atoms with van der Waals surface area (Å²) in [5.74, 6) is 0.201. The summed E-state index contributed by atoms with van der Waals surface area (Å²) in [7, 11) is 0. The van der Waals surface area contributed by atoms with Gasteiger partial charge in [0.05, 0.1) is 0 Å². The molecule has 1 heterocycles. The minimum absolute atomic E-state index is 0. The van der Waals surface area contributed by atoms with Gasteiger partial charge in [-0.05, 0) is 63.0 Å². The first kappa shape index (κ1) is 19.7. The van der Waals surface area contributed by atoms with Crippen LogP contribution in [0.25, 0.3) is 0 Å². The number of carbonyl (C=O) groups is 2. The first-order valence-electron chi connectivity index (χ1n) is 7.61. The average Bonchev–Trinajstić information content (AvgIpc) is 3.01. The molecular formula is C16H23Cl2N3O2. The fourth-order valence-electron chi connectivity index (χ4n) is 2.46. The van der Waals surface area contributed by atoms with Crippen LogP contribution in [0.1, 0.15) is 30.1 Å². The van der Waals surface area contributed by atoms with E-state index < -0.39 is 6.04 Å². The highest BCUT2D eigenvalue weighted by Gasteiger charge is 2.18. The molecule has 3 N–H and O–H groups in total. The summed E-state index contributed by atoms with van der Waals surface area (Å²) in [6.45, 7) is 4.41. The van der Waals surface area contributed by atoms with Gasteiger partial charge in [-0.25, -0.2) is 0 Å². The molecule has 23 heavy (non-hydrogen) atoms. The number of carbonyl (C=O) groups excluding carboxylic acids is 2. The van der Waals surface area contributed by atoms with E-state index in [9.17, 15) is 9.59 Å². The van der Waals surface area contributed by atoms with Crippen LogP contribution in [0.4, 0.5) is 0 Å². The zero-order valence-corrected chi connectivity index (χ0v) is 14.7. The SMILES string of the molecule is CC(NC(=O)c1ccc(Cl)cc1)C(=O)NCCC1CCNC1.Cl. The molecule has 2 amide bonds. The van der Waals surface area contributed by atoms with E-state index in [1.807, 2.05) is 0 Å². The summed E-state index contributed by atoms with van der Waals surface area (Å²) in [5, 5.41) is 9.44. The molecule has 1 fully saturated rings. The fourth-order valence-corrected chi connectivity index (χ4v) is 2.59. The standard InChI is InChI=1S/C16H22ClN3O2.ClH/c1-11(15(21)19-9-7-12-6-8-18-10-12)20-16(22)13-2-4-14(17)5-3-13;/h2-5,11-12,18H,6-10H2,1H3,(H,19,21)(H,20,22);1H. The minimum atomic E-state index is -0.565. The van der Waals surface area contributed by atoms with Crippen molar-refractivity contribution in [1.29, 1.82) is 0 Å². The smallest absolute Gasteiger partial charge is 0.251 e. The highest BCUT2D eigenvalue weighted by atomic mass is 35.5. The molecule has 0 bridgehead atoms. The Morgan fingerprint density at radius 2 is 2.04 bits per heavy atom. The van der Waals surface area contributed by atoms with Crippen LogP contribution >= 0.6 is 24.0 Å². The summed E-state index contributed by atoms with van der Waals surface area (Å²) in [5.41, 5.74) is 0.487. The van der Waals surface area contributed by atoms with E-state index in [1.165, 1.54) is 6.42 Å². The van der Waals surface area contributed by atoms with Gasteiger partial charge in [0.2, 0.25) is 5.91 Å². The zero-order valence-electron chi connectivity index (χ0n) is 13.1. The van der Waals surface area contributed by atoms with Crippen molar-refractivity contribution in [2.24, 2.45) is 5.92 Å². The second kappa shape index (κ2) is 9.75. The van der Waals surface area contributed by atoms with Crippen molar-refractivity contribution < 1.29 is 9.59 Å². The first-order valence-corrected chi connectivity index (χ1v) is 7.99. The molecule has 2 rings (SSSR count). The van der Waals surface area contributed by atoms with Gasteiger partial charge in [-0.3, -0.25) is 9.59 Å². The summed E-state index contributed by atoms with van der Waals surface area (Å²) < 4.78 is 0. The van der Waals surface area contributed by atoms with Crippen molar-refractivity contribution in [1.82, 2.24) is 16.0 Å². The Hall–Kier alpha value is -1.30. The Balaban J connectivity index is 0.00000264. The maximum Gasteiger partial charge on any atom is 0.251 e. The molecule has 1 aliphatic heterocycles. The van der Waals surface area contributed by atoms with E-state index in [0.29, 0.717) is 23.0 Å². The van der Waals surface area contributed by atoms with E-state index in [1.54, 1.807) is 31.2 Å². The molecule has 7 heteroatoms. The molecule has 1 aliphatic rings. The molecule has 0 radical (unpaired) electrons. The third kappa shape index (κ3) is 6.37. The molecule has 2 atom stereocenters. The molecule has 0 spiro atoms. The first-order chi connectivity index (χ1) is 10.6. The largest absolute Gasteiger partial charge is 0.354 e. The highest BCUT2D eigenvalue weighted by Crippen LogP contribution is 2.11. The van der Waals surface area contributed by atoms with Crippen LogP contribution in [0.2, 0.25) is 5.02 Å². The third-order valence-corrected chi connectivity index (χ3v) is 4.11. The Morgan fingerprint density at radius 1 is 1.35 bits per heavy atom. The predicted molar refractivity (Wildman–Crippen MR) is 94.2 cm³/mol. The monoisotopic (exact) mass is 359 g/mol. The van der Waals surface area contributed by atoms with Gasteiger partial charge in [0.15, 0.2) is 0 Å². The molecule has 1 aromatic rings. The number of rotatable bonds is 6. The van der Waals surface area contributed by atoms with Crippen LogP contribution in [0.5, 0.6) is 0 Å². The van der Waals surface area contributed by atoms with Gasteiger partial charge in [0.1, 0.15) is 6.04 Å². The Morgan fingerprint density at radius 3 is 2.65 bits per heavy atom. The van der Waals surface area contributed by atoms with Gasteiger partial charge in [-0.1, -0.05) is 11.6 Å². The van der Waals surface area contributed by atoms with Gasteiger partial charge < -0.3 is 16.0 Å². The van der Waals surface area contributed by atoms with Crippen LogP contribution in [-0.2, 0) is 4.79 Å². The molecule has 0 aromatic heterocycles. The van der Waals surface area contributed by atoms with Crippen LogP contribution in [0, 0.1) is 5.92 Å². The average molecular weight is 360 g/mol. The number of hydrogen-bond acceptors (Lipinski definition) is 3. The van der Waals surface area contributed by atoms with Crippen LogP contribution in [0.15, 0.2) is 24.3 Å². The molecular weight excluding hydrogens is 337 g/mol. The molecule has 5 nitrogen and oxygen atoms in total. The van der Waals surface area contributed by atoms with Crippen molar-refractivity contribution in [2.45, 2.75) is 25.8 Å². The van der Waals surface area contributed by atoms with Crippen LogP contribution < -0.4 is 16.0 Å². The van der Waals surface area contributed by atoms with Gasteiger partial charge in [-0.15, -0.1) is 12.4 Å². The van der Waals surface area contributed by atoms with Gasteiger partial charge >= 0.3 is 0 Å². The predicted octanol–water partition coefficient (Wildman–Crippen LogP) is 2.00. The molecule has 1 saturated heterocycles. The molecule has 0 saturated carbocycles. The van der Waals surface area contributed by atoms with Gasteiger partial charge in [-0.2, -0.15) is 0 Å². The maximum atomic E-state index is 12.0. The summed E-state index contributed by atoms with van der Waals surface area (Å²) >= 11 is 5.78. The van der Waals surface area contributed by atoms with Crippen molar-refractivity contribution >= 4 is 35.8 Å². The molecule has 0 aliphatic carbocycles. The second-order valence-electron chi connectivity index (χ2n) is 5.64. The number of amides is 2. The number of benzene rings is 1. The lowest BCUT2D eigenvalue weighted by molar-refractivity contribution is -0.122. The fraction of sp³-hybridized carbons (Fsp3) is 0.500. The van der Waals surface area contributed by atoms with Gasteiger partial charge in [0.25, 0.3) is 5.91 Å². The quantitative estimate of drug-likeness (QED) is 0.727. The lowest BCUT2D eigenvalue weighted by atomic mass is 10.1.